The van der Waals surface area contributed by atoms with Gasteiger partial charge in [0.25, 0.3) is 0 Å². The van der Waals surface area contributed by atoms with E-state index < -0.39 is 7.37 Å². The van der Waals surface area contributed by atoms with E-state index in [0.717, 1.165) is 0 Å². The molecule has 0 aromatic heterocycles. The van der Waals surface area contributed by atoms with Crippen molar-refractivity contribution in [2.75, 3.05) is 6.66 Å². The molecular weight excluding hydrogens is 123 g/mol. The molecule has 0 fully saturated rings. The van der Waals surface area contributed by atoms with Crippen LogP contribution in [0.4, 0.5) is 0 Å². The molecule has 1 heterocycles. The molecule has 0 radical (unpaired) electrons. The van der Waals surface area contributed by atoms with Crippen molar-refractivity contribution in [1.82, 2.24) is 0 Å². The largest absolute Gasteiger partial charge is 0.319 e. The first-order valence-corrected chi connectivity index (χ1v) is 4.69. The van der Waals surface area contributed by atoms with Gasteiger partial charge < -0.3 is 4.52 Å². The van der Waals surface area contributed by atoms with Gasteiger partial charge in [-0.25, -0.2) is 0 Å². The fraction of sp³-hybridized carbons (Fsp3) is 0.600. The minimum absolute atomic E-state index is 0.0471. The SMILES string of the molecule is CC1C=CP(C)(=O)O1. The number of hydrogen-bond donors (Lipinski definition) is 0. The molecular formula is C5H9O2P. The standard InChI is InChI=1S/C5H9O2P/c1-5-3-4-8(2,6)7-5/h3-5H,1-2H3. The van der Waals surface area contributed by atoms with Gasteiger partial charge in [-0.3, -0.25) is 4.57 Å². The van der Waals surface area contributed by atoms with Gasteiger partial charge in [-0.15, -0.1) is 0 Å². The molecule has 0 spiro atoms. The topological polar surface area (TPSA) is 26.3 Å². The molecule has 1 aliphatic heterocycles. The first kappa shape index (κ1) is 6.06. The number of hydrogen-bond acceptors (Lipinski definition) is 2. The lowest BCUT2D eigenvalue weighted by Crippen LogP contribution is -1.92. The average molecular weight is 132 g/mol. The summed E-state index contributed by atoms with van der Waals surface area (Å²) in [6, 6.07) is 0. The summed E-state index contributed by atoms with van der Waals surface area (Å²) >= 11 is 0. The van der Waals surface area contributed by atoms with Gasteiger partial charge in [-0.2, -0.15) is 0 Å². The van der Waals surface area contributed by atoms with Crippen molar-refractivity contribution in [3.63, 3.8) is 0 Å². The van der Waals surface area contributed by atoms with Crippen LogP contribution in [0.3, 0.4) is 0 Å². The molecule has 2 unspecified atom stereocenters. The molecule has 0 aromatic rings. The zero-order chi connectivity index (χ0) is 6.20. The highest BCUT2D eigenvalue weighted by atomic mass is 31.2. The summed E-state index contributed by atoms with van der Waals surface area (Å²) in [4.78, 5) is 0. The van der Waals surface area contributed by atoms with Gasteiger partial charge in [0.05, 0.1) is 6.10 Å². The molecule has 0 N–H and O–H groups in total. The summed E-state index contributed by atoms with van der Waals surface area (Å²) < 4.78 is 15.9. The van der Waals surface area contributed by atoms with Gasteiger partial charge in [0.1, 0.15) is 0 Å². The predicted molar refractivity (Wildman–Crippen MR) is 33.2 cm³/mol. The Morgan fingerprint density at radius 3 is 2.50 bits per heavy atom. The second kappa shape index (κ2) is 1.71. The molecule has 0 amide bonds. The lowest BCUT2D eigenvalue weighted by molar-refractivity contribution is 0.289. The molecule has 8 heavy (non-hydrogen) atoms. The van der Waals surface area contributed by atoms with Gasteiger partial charge in [0, 0.05) is 6.66 Å². The van der Waals surface area contributed by atoms with Crippen molar-refractivity contribution in [3.8, 4) is 0 Å². The van der Waals surface area contributed by atoms with E-state index in [4.69, 9.17) is 4.52 Å². The highest BCUT2D eigenvalue weighted by Gasteiger charge is 2.20. The van der Waals surface area contributed by atoms with Crippen LogP contribution in [0.5, 0.6) is 0 Å². The lowest BCUT2D eigenvalue weighted by atomic mass is 10.4. The molecule has 1 rings (SSSR count). The van der Waals surface area contributed by atoms with Crippen LogP contribution < -0.4 is 0 Å². The zero-order valence-electron chi connectivity index (χ0n) is 5.00. The quantitative estimate of drug-likeness (QED) is 0.470. The third kappa shape index (κ3) is 1.21. The Bertz CT molecular complexity index is 162. The van der Waals surface area contributed by atoms with Crippen molar-refractivity contribution < 1.29 is 9.09 Å². The van der Waals surface area contributed by atoms with Crippen LogP contribution >= 0.6 is 7.37 Å². The molecule has 2 nitrogen and oxygen atoms in total. The Hall–Kier alpha value is -0.0700. The lowest BCUT2D eigenvalue weighted by Gasteiger charge is -2.03. The summed E-state index contributed by atoms with van der Waals surface area (Å²) in [6.07, 6.45) is 1.87. The predicted octanol–water partition coefficient (Wildman–Crippen LogP) is 1.83. The molecule has 3 heteroatoms. The van der Waals surface area contributed by atoms with Crippen molar-refractivity contribution in [1.29, 1.82) is 0 Å². The molecule has 0 saturated carbocycles. The van der Waals surface area contributed by atoms with E-state index in [9.17, 15) is 4.57 Å². The third-order valence-corrected chi connectivity index (χ3v) is 2.47. The summed E-state index contributed by atoms with van der Waals surface area (Å²) in [5.74, 6) is 1.65. The van der Waals surface area contributed by atoms with E-state index >= 15 is 0 Å². The van der Waals surface area contributed by atoms with Crippen LogP contribution in [-0.4, -0.2) is 12.8 Å². The van der Waals surface area contributed by atoms with Gasteiger partial charge in [-0.1, -0.05) is 6.08 Å². The zero-order valence-corrected chi connectivity index (χ0v) is 5.89. The minimum atomic E-state index is -2.28. The van der Waals surface area contributed by atoms with E-state index in [1.165, 1.54) is 0 Å². The normalized spacial score (nSPS) is 45.5. The van der Waals surface area contributed by atoms with E-state index in [-0.39, 0.29) is 6.10 Å². The molecule has 46 valence electrons. The monoisotopic (exact) mass is 132 g/mol. The second-order valence-corrected chi connectivity index (χ2v) is 4.39. The van der Waals surface area contributed by atoms with E-state index in [1.54, 1.807) is 12.5 Å². The molecule has 0 saturated heterocycles. The smallest absolute Gasteiger partial charge is 0.222 e. The Morgan fingerprint density at radius 2 is 2.38 bits per heavy atom. The fourth-order valence-corrected chi connectivity index (χ4v) is 2.03. The van der Waals surface area contributed by atoms with E-state index in [0.29, 0.717) is 0 Å². The summed E-state index contributed by atoms with van der Waals surface area (Å²) in [5.41, 5.74) is 0. The Labute approximate surface area is 49.0 Å². The summed E-state index contributed by atoms with van der Waals surface area (Å²) in [6.45, 7) is 3.49. The van der Waals surface area contributed by atoms with Gasteiger partial charge in [0.15, 0.2) is 0 Å². The van der Waals surface area contributed by atoms with Gasteiger partial charge in [0.2, 0.25) is 7.37 Å². The maximum absolute atomic E-state index is 10.9. The first-order chi connectivity index (χ1) is 3.60. The molecule has 0 aliphatic carbocycles. The van der Waals surface area contributed by atoms with Crippen LogP contribution in [0.25, 0.3) is 0 Å². The molecule has 0 bridgehead atoms. The van der Waals surface area contributed by atoms with Gasteiger partial charge >= 0.3 is 0 Å². The van der Waals surface area contributed by atoms with E-state index in [1.807, 2.05) is 13.0 Å². The van der Waals surface area contributed by atoms with Crippen LogP contribution in [0.15, 0.2) is 11.9 Å². The number of rotatable bonds is 0. The first-order valence-electron chi connectivity index (χ1n) is 2.55. The van der Waals surface area contributed by atoms with E-state index in [2.05, 4.69) is 0 Å². The Morgan fingerprint density at radius 1 is 1.75 bits per heavy atom. The Kier molecular flexibility index (Phi) is 1.30. The van der Waals surface area contributed by atoms with Crippen molar-refractivity contribution in [2.24, 2.45) is 0 Å². The maximum Gasteiger partial charge on any atom is 0.222 e. The van der Waals surface area contributed by atoms with Gasteiger partial charge in [-0.05, 0) is 12.7 Å². The molecule has 2 atom stereocenters. The maximum atomic E-state index is 10.9. The minimum Gasteiger partial charge on any atom is -0.319 e. The summed E-state index contributed by atoms with van der Waals surface area (Å²) in [7, 11) is -2.28. The van der Waals surface area contributed by atoms with Crippen LogP contribution in [0, 0.1) is 0 Å². The summed E-state index contributed by atoms with van der Waals surface area (Å²) in [5, 5.41) is 0. The Balaban J connectivity index is 2.73. The van der Waals surface area contributed by atoms with Crippen LogP contribution in [0.1, 0.15) is 6.92 Å². The average Bonchev–Trinajstić information content (AvgIpc) is 1.82. The van der Waals surface area contributed by atoms with Crippen LogP contribution in [0.2, 0.25) is 0 Å². The highest BCUT2D eigenvalue weighted by Crippen LogP contribution is 2.49. The fourth-order valence-electron chi connectivity index (χ4n) is 0.678. The molecule has 1 aliphatic rings. The van der Waals surface area contributed by atoms with Crippen molar-refractivity contribution in [2.45, 2.75) is 13.0 Å². The molecule has 0 aromatic carbocycles. The van der Waals surface area contributed by atoms with Crippen molar-refractivity contribution in [3.05, 3.63) is 11.9 Å². The third-order valence-electron chi connectivity index (χ3n) is 1.00. The second-order valence-electron chi connectivity index (χ2n) is 2.06. The highest BCUT2D eigenvalue weighted by molar-refractivity contribution is 7.61. The van der Waals surface area contributed by atoms with Crippen molar-refractivity contribution >= 4 is 7.37 Å². The van der Waals surface area contributed by atoms with Crippen LogP contribution in [-0.2, 0) is 9.09 Å².